The fraction of sp³-hybridized carbons (Fsp3) is 0.750. The zero-order valence-electron chi connectivity index (χ0n) is 4.31. The smallest absolute Gasteiger partial charge is 0.145 e. The second kappa shape index (κ2) is 9.60. The predicted octanol–water partition coefficient (Wildman–Crippen LogP) is 0.219. The number of hydrogen-bond donors (Lipinski definition) is 0. The Balaban J connectivity index is 0. The molecule has 0 radical (unpaired) electrons. The summed E-state index contributed by atoms with van der Waals surface area (Å²) in [4.78, 5) is 9.44. The van der Waals surface area contributed by atoms with Crippen LogP contribution in [0.5, 0.6) is 0 Å². The van der Waals surface area contributed by atoms with Crippen molar-refractivity contribution in [3.05, 3.63) is 0 Å². The van der Waals surface area contributed by atoms with E-state index in [1.807, 2.05) is 6.92 Å². The molecule has 0 aliphatic heterocycles. The summed E-state index contributed by atoms with van der Waals surface area (Å²) in [5.74, 6) is 0. The molecular weight excluding hydrogens is 128 g/mol. The van der Waals surface area contributed by atoms with E-state index in [0.29, 0.717) is 6.61 Å². The first-order valence-corrected chi connectivity index (χ1v) is 1.93. The minimum atomic E-state index is 0. The molecule has 7 heavy (non-hydrogen) atoms. The summed E-state index contributed by atoms with van der Waals surface area (Å²) in [6.45, 7) is 2.71. The molecule has 0 rings (SSSR count). The molecule has 0 aliphatic rings. The molecule has 0 aromatic rings. The molecule has 0 saturated carbocycles. The number of rotatable bonds is 3. The summed E-state index contributed by atoms with van der Waals surface area (Å²) < 4.78 is 4.61. The Morgan fingerprint density at radius 3 is 2.43 bits per heavy atom. The number of carbonyl (C=O) groups is 1. The normalized spacial score (nSPS) is 7.00. The van der Waals surface area contributed by atoms with Gasteiger partial charge in [-0.2, -0.15) is 0 Å². The van der Waals surface area contributed by atoms with Crippen LogP contribution in [0.1, 0.15) is 6.92 Å². The van der Waals surface area contributed by atoms with Crippen LogP contribution in [0.15, 0.2) is 0 Å². The van der Waals surface area contributed by atoms with Crippen molar-refractivity contribution in [2.24, 2.45) is 0 Å². The average molecular weight is 136 g/mol. The van der Waals surface area contributed by atoms with Crippen LogP contribution in [0.4, 0.5) is 0 Å². The van der Waals surface area contributed by atoms with Gasteiger partial charge in [0.1, 0.15) is 12.9 Å². The summed E-state index contributed by atoms with van der Waals surface area (Å²) in [5, 5.41) is 0. The summed E-state index contributed by atoms with van der Waals surface area (Å²) in [6, 6.07) is 0. The number of aldehydes is 1. The van der Waals surface area contributed by atoms with Crippen LogP contribution in [0.2, 0.25) is 0 Å². The molecule has 0 aromatic heterocycles. The van der Waals surface area contributed by atoms with E-state index in [9.17, 15) is 4.79 Å². The monoisotopic (exact) mass is 136 g/mol. The molecule has 40 valence electrons. The van der Waals surface area contributed by atoms with Crippen molar-refractivity contribution in [3.63, 3.8) is 0 Å². The molecule has 0 spiro atoms. The van der Waals surface area contributed by atoms with Crippen molar-refractivity contribution in [2.45, 2.75) is 6.92 Å². The summed E-state index contributed by atoms with van der Waals surface area (Å²) in [5.41, 5.74) is 0. The molecule has 0 atom stereocenters. The first-order chi connectivity index (χ1) is 2.91. The quantitative estimate of drug-likeness (QED) is 0.315. The van der Waals surface area contributed by atoms with Gasteiger partial charge in [-0.15, -0.1) is 0 Å². The van der Waals surface area contributed by atoms with Gasteiger partial charge in [0.2, 0.25) is 0 Å². The molecule has 0 bridgehead atoms. The SMILES string of the molecule is CCOCC=O.[Ti]. The molecule has 2 nitrogen and oxygen atoms in total. The van der Waals surface area contributed by atoms with E-state index >= 15 is 0 Å². The van der Waals surface area contributed by atoms with Gasteiger partial charge in [0.15, 0.2) is 0 Å². The molecule has 0 fully saturated rings. The van der Waals surface area contributed by atoms with Gasteiger partial charge in [-0.1, -0.05) is 0 Å². The first-order valence-electron chi connectivity index (χ1n) is 1.93. The van der Waals surface area contributed by atoms with Crippen molar-refractivity contribution < 1.29 is 31.2 Å². The minimum absolute atomic E-state index is 0. The molecule has 0 saturated heterocycles. The van der Waals surface area contributed by atoms with Gasteiger partial charge in [0, 0.05) is 28.3 Å². The number of ether oxygens (including phenoxy) is 1. The van der Waals surface area contributed by atoms with E-state index in [1.54, 1.807) is 0 Å². The molecule has 0 amide bonds. The molecular formula is C4H8O2Ti. The number of carbonyl (C=O) groups excluding carboxylic acids is 1. The Bertz CT molecular complexity index is 38.7. The third-order valence-corrected chi connectivity index (χ3v) is 0.390. The van der Waals surface area contributed by atoms with E-state index in [2.05, 4.69) is 4.74 Å². The van der Waals surface area contributed by atoms with E-state index in [4.69, 9.17) is 0 Å². The third kappa shape index (κ3) is 10.7. The van der Waals surface area contributed by atoms with Crippen LogP contribution in [0, 0.1) is 0 Å². The maximum atomic E-state index is 9.44. The largest absolute Gasteiger partial charge is 0.374 e. The van der Waals surface area contributed by atoms with Crippen molar-refractivity contribution in [2.75, 3.05) is 13.2 Å². The average Bonchev–Trinajstić information content (AvgIpc) is 1.61. The molecule has 0 aliphatic carbocycles. The Morgan fingerprint density at radius 2 is 2.29 bits per heavy atom. The van der Waals surface area contributed by atoms with Crippen LogP contribution in [-0.4, -0.2) is 19.5 Å². The van der Waals surface area contributed by atoms with Gasteiger partial charge in [0.25, 0.3) is 0 Å². The zero-order chi connectivity index (χ0) is 4.83. The van der Waals surface area contributed by atoms with Crippen molar-refractivity contribution in [1.29, 1.82) is 0 Å². The van der Waals surface area contributed by atoms with Gasteiger partial charge < -0.3 is 9.53 Å². The van der Waals surface area contributed by atoms with Crippen molar-refractivity contribution in [1.82, 2.24) is 0 Å². The second-order valence-electron chi connectivity index (χ2n) is 0.826. The van der Waals surface area contributed by atoms with Crippen LogP contribution >= 0.6 is 0 Å². The fourth-order valence-electron chi connectivity index (χ4n) is 0.166. The summed E-state index contributed by atoms with van der Waals surface area (Å²) in [7, 11) is 0. The molecule has 0 heterocycles. The maximum absolute atomic E-state index is 9.44. The maximum Gasteiger partial charge on any atom is 0.145 e. The Morgan fingerprint density at radius 1 is 1.71 bits per heavy atom. The fourth-order valence-corrected chi connectivity index (χ4v) is 0.166. The summed E-state index contributed by atoms with van der Waals surface area (Å²) in [6.07, 6.45) is 0.740. The number of hydrogen-bond acceptors (Lipinski definition) is 2. The Kier molecular flexibility index (Phi) is 14.2. The van der Waals surface area contributed by atoms with Crippen LogP contribution in [-0.2, 0) is 31.2 Å². The van der Waals surface area contributed by atoms with Gasteiger partial charge in [-0.05, 0) is 6.92 Å². The standard InChI is InChI=1S/C4H8O2.Ti/c1-2-6-4-3-5;/h3H,2,4H2,1H3;. The molecule has 0 N–H and O–H groups in total. The molecule has 0 unspecified atom stereocenters. The van der Waals surface area contributed by atoms with Crippen molar-refractivity contribution in [3.8, 4) is 0 Å². The van der Waals surface area contributed by atoms with Gasteiger partial charge in [0.05, 0.1) is 0 Å². The first kappa shape index (κ1) is 10.3. The zero-order valence-corrected chi connectivity index (χ0v) is 5.87. The Labute approximate surface area is 58.1 Å². The topological polar surface area (TPSA) is 26.3 Å². The van der Waals surface area contributed by atoms with Crippen LogP contribution in [0.25, 0.3) is 0 Å². The van der Waals surface area contributed by atoms with Crippen molar-refractivity contribution >= 4 is 6.29 Å². The second-order valence-corrected chi connectivity index (χ2v) is 0.826. The molecule has 0 aromatic carbocycles. The van der Waals surface area contributed by atoms with E-state index in [-0.39, 0.29) is 28.3 Å². The third-order valence-electron chi connectivity index (χ3n) is 0.390. The van der Waals surface area contributed by atoms with E-state index < -0.39 is 0 Å². The van der Waals surface area contributed by atoms with Gasteiger partial charge in [-0.3, -0.25) is 0 Å². The van der Waals surface area contributed by atoms with E-state index in [1.165, 1.54) is 0 Å². The van der Waals surface area contributed by atoms with Crippen LogP contribution < -0.4 is 0 Å². The molecule has 3 heteroatoms. The van der Waals surface area contributed by atoms with Gasteiger partial charge in [-0.25, -0.2) is 0 Å². The minimum Gasteiger partial charge on any atom is -0.374 e. The summed E-state index contributed by atoms with van der Waals surface area (Å²) >= 11 is 0. The van der Waals surface area contributed by atoms with Gasteiger partial charge >= 0.3 is 0 Å². The predicted molar refractivity (Wildman–Crippen MR) is 22.6 cm³/mol. The van der Waals surface area contributed by atoms with Crippen LogP contribution in [0.3, 0.4) is 0 Å². The Hall–Kier alpha value is 0.344. The van der Waals surface area contributed by atoms with E-state index in [0.717, 1.165) is 6.29 Å².